The molecule has 0 aliphatic heterocycles. The van der Waals surface area contributed by atoms with Gasteiger partial charge < -0.3 is 35.1 Å². The number of carbonyl (C=O) groups excluding carboxylic acids is 4. The number of aliphatic carboxylic acids is 2. The maximum absolute atomic E-state index is 12.2. The van der Waals surface area contributed by atoms with E-state index in [-0.39, 0.29) is 0 Å². The van der Waals surface area contributed by atoms with Crippen molar-refractivity contribution < 1.29 is 53.2 Å². The molecule has 13 nitrogen and oxygen atoms in total. The quantitative estimate of drug-likeness (QED) is 0.233. The summed E-state index contributed by atoms with van der Waals surface area (Å²) in [5.41, 5.74) is -1.91. The lowest BCUT2D eigenvalue weighted by Crippen LogP contribution is -2.49. The van der Waals surface area contributed by atoms with Gasteiger partial charge >= 0.3 is 36.1 Å². The maximum Gasteiger partial charge on any atom is 0.408 e. The Balaban J connectivity index is 5.32. The monoisotopic (exact) mass is 448 g/mol. The van der Waals surface area contributed by atoms with Gasteiger partial charge in [-0.1, -0.05) is 0 Å². The maximum atomic E-state index is 12.2. The fraction of sp³-hybridized carbons (Fsp3) is 0.667. The number of amides is 2. The number of carboxylic acids is 2. The number of rotatable bonds is 8. The van der Waals surface area contributed by atoms with Gasteiger partial charge in [-0.2, -0.15) is 0 Å². The van der Waals surface area contributed by atoms with Gasteiger partial charge in [0.2, 0.25) is 0 Å². The average Bonchev–Trinajstić information content (AvgIpc) is 2.48. The van der Waals surface area contributed by atoms with Crippen LogP contribution in [-0.2, 0) is 33.4 Å². The van der Waals surface area contributed by atoms with Crippen LogP contribution in [-0.4, -0.2) is 69.6 Å². The minimum Gasteiger partial charge on any atom is -0.481 e. The van der Waals surface area contributed by atoms with Crippen molar-refractivity contribution in [3.63, 3.8) is 0 Å². The molecular weight excluding hydrogens is 420 g/mol. The van der Waals surface area contributed by atoms with Crippen LogP contribution in [0.25, 0.3) is 0 Å². The Morgan fingerprint density at radius 1 is 0.677 bits per heavy atom. The Kier molecular flexibility index (Phi) is 9.92. The third-order valence-electron chi connectivity index (χ3n) is 2.91. The van der Waals surface area contributed by atoms with E-state index in [0.717, 1.165) is 0 Å². The van der Waals surface area contributed by atoms with E-state index in [1.165, 1.54) is 41.5 Å². The number of carboxylic acid groups (broad SMARTS) is 2. The van der Waals surface area contributed by atoms with Crippen LogP contribution >= 0.6 is 0 Å². The normalized spacial score (nSPS) is 13.2. The molecule has 13 heteroatoms. The molecule has 0 spiro atoms. The number of hydrogen-bond acceptors (Lipinski definition) is 9. The molecule has 0 saturated carbocycles. The average molecular weight is 448 g/mol. The smallest absolute Gasteiger partial charge is 0.408 e. The molecule has 0 aromatic carbocycles. The minimum atomic E-state index is -1.82. The molecule has 0 heterocycles. The standard InChI is InChI=1S/C18H28N2O11/c1-17(2,3)30-15(27)19-9(7-11(21)22)13(25)29-14(26)10(8-12(23)24)20-16(28)31-18(4,5)6/h9-10H,7-8H2,1-6H3,(H,19,27)(H,20,28)(H,21,22)(H,23,24)/t9-,10-/m0/s1. The SMILES string of the molecule is CC(C)(C)OC(=O)N[C@@H](CC(=O)O)C(=O)OC(=O)[C@H](CC(=O)O)NC(=O)OC(C)(C)C. The van der Waals surface area contributed by atoms with Crippen molar-refractivity contribution in [1.82, 2.24) is 10.6 Å². The van der Waals surface area contributed by atoms with Crippen molar-refractivity contribution in [1.29, 1.82) is 0 Å². The summed E-state index contributed by atoms with van der Waals surface area (Å²) in [6.07, 6.45) is -4.18. The van der Waals surface area contributed by atoms with Crippen LogP contribution in [0.3, 0.4) is 0 Å². The molecule has 176 valence electrons. The Labute approximate surface area is 178 Å². The van der Waals surface area contributed by atoms with E-state index >= 15 is 0 Å². The second-order valence-corrected chi connectivity index (χ2v) is 8.33. The van der Waals surface area contributed by atoms with Gasteiger partial charge in [-0.05, 0) is 41.5 Å². The summed E-state index contributed by atoms with van der Waals surface area (Å²) in [5, 5.41) is 21.8. The minimum absolute atomic E-state index is 0.950. The largest absolute Gasteiger partial charge is 0.481 e. The lowest BCUT2D eigenvalue weighted by molar-refractivity contribution is -0.165. The first-order chi connectivity index (χ1) is 13.9. The number of nitrogens with one attached hydrogen (secondary N) is 2. The molecule has 2 amide bonds. The van der Waals surface area contributed by atoms with Crippen LogP contribution < -0.4 is 10.6 Å². The third-order valence-corrected chi connectivity index (χ3v) is 2.91. The number of alkyl carbamates (subject to hydrolysis) is 2. The summed E-state index contributed by atoms with van der Waals surface area (Å²) in [7, 11) is 0. The zero-order chi connectivity index (χ0) is 24.6. The van der Waals surface area contributed by atoms with Gasteiger partial charge in [-0.3, -0.25) is 9.59 Å². The van der Waals surface area contributed by atoms with E-state index in [2.05, 4.69) is 4.74 Å². The summed E-state index contributed by atoms with van der Waals surface area (Å²) in [6, 6.07) is -3.63. The van der Waals surface area contributed by atoms with E-state index in [0.29, 0.717) is 0 Å². The molecule has 4 N–H and O–H groups in total. The predicted molar refractivity (Wildman–Crippen MR) is 102 cm³/mol. The fourth-order valence-electron chi connectivity index (χ4n) is 1.88. The van der Waals surface area contributed by atoms with Gasteiger partial charge in [-0.25, -0.2) is 19.2 Å². The van der Waals surface area contributed by atoms with Crippen LogP contribution in [0.4, 0.5) is 9.59 Å². The summed E-state index contributed by atoms with van der Waals surface area (Å²) in [6.45, 7) is 9.16. The van der Waals surface area contributed by atoms with Crippen molar-refractivity contribution in [2.24, 2.45) is 0 Å². The molecule has 0 fully saturated rings. The second kappa shape index (κ2) is 11.1. The summed E-state index contributed by atoms with van der Waals surface area (Å²) < 4.78 is 14.3. The molecule has 0 unspecified atom stereocenters. The number of hydrogen-bond donors (Lipinski definition) is 4. The van der Waals surface area contributed by atoms with E-state index in [1.807, 2.05) is 10.6 Å². The first-order valence-corrected chi connectivity index (χ1v) is 9.08. The van der Waals surface area contributed by atoms with Gasteiger partial charge in [0.1, 0.15) is 23.3 Å². The molecule has 31 heavy (non-hydrogen) atoms. The summed E-state index contributed by atoms with van der Waals surface area (Å²) in [5.74, 6) is -5.97. The molecule has 0 bridgehead atoms. The molecule has 2 atom stereocenters. The van der Waals surface area contributed by atoms with E-state index < -0.39 is 72.2 Å². The highest BCUT2D eigenvalue weighted by Crippen LogP contribution is 2.10. The van der Waals surface area contributed by atoms with Gasteiger partial charge in [0.15, 0.2) is 0 Å². The predicted octanol–water partition coefficient (Wildman–Crippen LogP) is 0.792. The zero-order valence-electron chi connectivity index (χ0n) is 18.1. The fourth-order valence-corrected chi connectivity index (χ4v) is 1.88. The summed E-state index contributed by atoms with van der Waals surface area (Å²) in [4.78, 5) is 70.1. The Hall–Kier alpha value is -3.38. The van der Waals surface area contributed by atoms with Crippen molar-refractivity contribution in [2.45, 2.75) is 77.7 Å². The first kappa shape index (κ1) is 27.6. The molecular formula is C18H28N2O11. The van der Waals surface area contributed by atoms with E-state index in [4.69, 9.17) is 19.7 Å². The van der Waals surface area contributed by atoms with Crippen molar-refractivity contribution >= 4 is 36.1 Å². The number of carbonyl (C=O) groups is 6. The van der Waals surface area contributed by atoms with Crippen molar-refractivity contribution in [3.8, 4) is 0 Å². The molecule has 0 aromatic heterocycles. The Morgan fingerprint density at radius 3 is 1.19 bits per heavy atom. The highest BCUT2D eigenvalue weighted by Gasteiger charge is 2.33. The van der Waals surface area contributed by atoms with Crippen LogP contribution in [0.15, 0.2) is 0 Å². The summed E-state index contributed by atoms with van der Waals surface area (Å²) >= 11 is 0. The lowest BCUT2D eigenvalue weighted by atomic mass is 10.2. The highest BCUT2D eigenvalue weighted by atomic mass is 16.6. The number of esters is 2. The molecule has 0 radical (unpaired) electrons. The first-order valence-electron chi connectivity index (χ1n) is 9.08. The number of ether oxygens (including phenoxy) is 3. The van der Waals surface area contributed by atoms with Crippen LogP contribution in [0, 0.1) is 0 Å². The van der Waals surface area contributed by atoms with E-state index in [1.54, 1.807) is 0 Å². The van der Waals surface area contributed by atoms with Crippen molar-refractivity contribution in [2.75, 3.05) is 0 Å². The van der Waals surface area contributed by atoms with Gasteiger partial charge in [0.25, 0.3) is 0 Å². The third kappa shape index (κ3) is 13.5. The molecule has 0 rings (SSSR count). The topological polar surface area (TPSA) is 195 Å². The van der Waals surface area contributed by atoms with Gasteiger partial charge in [0.05, 0.1) is 12.8 Å². The van der Waals surface area contributed by atoms with Crippen LogP contribution in [0.1, 0.15) is 54.4 Å². The molecule has 0 aliphatic carbocycles. The second-order valence-electron chi connectivity index (χ2n) is 8.33. The Morgan fingerprint density at radius 2 is 0.968 bits per heavy atom. The van der Waals surface area contributed by atoms with Crippen LogP contribution in [0.2, 0.25) is 0 Å². The highest BCUT2D eigenvalue weighted by molar-refractivity contribution is 5.96. The lowest BCUT2D eigenvalue weighted by Gasteiger charge is -2.23. The molecule has 0 aliphatic rings. The van der Waals surface area contributed by atoms with Crippen molar-refractivity contribution in [3.05, 3.63) is 0 Å². The van der Waals surface area contributed by atoms with Gasteiger partial charge in [0, 0.05) is 0 Å². The van der Waals surface area contributed by atoms with E-state index in [9.17, 15) is 28.8 Å². The Bertz CT molecular complexity index is 659. The molecule has 0 saturated heterocycles. The zero-order valence-corrected chi connectivity index (χ0v) is 18.1. The van der Waals surface area contributed by atoms with Crippen LogP contribution in [0.5, 0.6) is 0 Å². The molecule has 0 aromatic rings. The van der Waals surface area contributed by atoms with Gasteiger partial charge in [-0.15, -0.1) is 0 Å².